The van der Waals surface area contributed by atoms with Gasteiger partial charge in [-0.1, -0.05) is 51.8 Å². The molecule has 0 aliphatic carbocycles. The third kappa shape index (κ3) is 1.78. The summed E-state index contributed by atoms with van der Waals surface area (Å²) in [6.45, 7) is 0. The Morgan fingerprint density at radius 2 is 1.63 bits per heavy atom. The van der Waals surface area contributed by atoms with Gasteiger partial charge in [0.1, 0.15) is 0 Å². The van der Waals surface area contributed by atoms with Crippen LogP contribution in [0.2, 0.25) is 5.02 Å². The van der Waals surface area contributed by atoms with E-state index in [4.69, 9.17) is 11.6 Å². The monoisotopic (exact) mass is 346 g/mol. The minimum atomic E-state index is 0.814. The normalized spacial score (nSPS) is 11.7. The van der Waals surface area contributed by atoms with Crippen LogP contribution in [0, 0.1) is 0 Å². The molecule has 92 valence electrons. The van der Waals surface area contributed by atoms with Crippen molar-refractivity contribution in [1.29, 1.82) is 0 Å². The van der Waals surface area contributed by atoms with Crippen LogP contribution in [0.1, 0.15) is 0 Å². The van der Waals surface area contributed by atoms with Gasteiger partial charge in [0, 0.05) is 19.9 Å². The van der Waals surface area contributed by atoms with E-state index in [2.05, 4.69) is 58.4 Å². The smallest absolute Gasteiger partial charge is 0.0595 e. The molecule has 19 heavy (non-hydrogen) atoms. The molecule has 0 amide bonds. The predicted octanol–water partition coefficient (Wildman–Crippen LogP) is 6.62. The third-order valence-corrected chi connectivity index (χ3v) is 5.43. The molecular weight excluding hydrogens is 340 g/mol. The van der Waals surface area contributed by atoms with Crippen LogP contribution in [0.5, 0.6) is 0 Å². The van der Waals surface area contributed by atoms with Crippen molar-refractivity contribution in [3.05, 3.63) is 58.0 Å². The lowest BCUT2D eigenvalue weighted by Crippen LogP contribution is -1.72. The maximum absolute atomic E-state index is 6.35. The Hall–Kier alpha value is -1.09. The molecule has 0 saturated heterocycles. The molecule has 0 atom stereocenters. The predicted molar refractivity (Wildman–Crippen MR) is 89.5 cm³/mol. The Balaban J connectivity index is 2.26. The molecule has 1 aromatic heterocycles. The highest BCUT2D eigenvalue weighted by molar-refractivity contribution is 9.10. The van der Waals surface area contributed by atoms with E-state index >= 15 is 0 Å². The fourth-order valence-electron chi connectivity index (χ4n) is 2.49. The summed E-state index contributed by atoms with van der Waals surface area (Å²) in [4.78, 5) is 0. The lowest BCUT2D eigenvalue weighted by Gasteiger charge is -1.99. The molecule has 0 fully saturated rings. The van der Waals surface area contributed by atoms with Crippen molar-refractivity contribution in [3.63, 3.8) is 0 Å². The molecule has 0 nitrogen and oxygen atoms in total. The van der Waals surface area contributed by atoms with Gasteiger partial charge in [-0.3, -0.25) is 0 Å². The molecule has 0 radical (unpaired) electrons. The van der Waals surface area contributed by atoms with Gasteiger partial charge in [-0.25, -0.2) is 0 Å². The van der Waals surface area contributed by atoms with Crippen molar-refractivity contribution < 1.29 is 0 Å². The Labute approximate surface area is 127 Å². The number of rotatable bonds is 0. The second-order valence-corrected chi connectivity index (χ2v) is 6.94. The number of hydrogen-bond acceptors (Lipinski definition) is 1. The highest BCUT2D eigenvalue weighted by atomic mass is 79.9. The molecule has 0 aliphatic heterocycles. The van der Waals surface area contributed by atoms with Crippen molar-refractivity contribution in [2.75, 3.05) is 0 Å². The zero-order valence-corrected chi connectivity index (χ0v) is 12.9. The average molecular weight is 348 g/mol. The Morgan fingerprint density at radius 3 is 2.42 bits per heavy atom. The molecule has 3 heteroatoms. The van der Waals surface area contributed by atoms with Crippen molar-refractivity contribution in [3.8, 4) is 0 Å². The quantitative estimate of drug-likeness (QED) is 0.335. The largest absolute Gasteiger partial charge is 0.134 e. The fraction of sp³-hybridized carbons (Fsp3) is 0. The Bertz CT molecular complexity index is 940. The van der Waals surface area contributed by atoms with E-state index < -0.39 is 0 Å². The molecule has 4 rings (SSSR count). The lowest BCUT2D eigenvalue weighted by atomic mass is 10.1. The lowest BCUT2D eigenvalue weighted by molar-refractivity contribution is 1.77. The van der Waals surface area contributed by atoms with Crippen LogP contribution >= 0.6 is 38.9 Å². The average Bonchev–Trinajstić information content (AvgIpc) is 2.74. The van der Waals surface area contributed by atoms with Gasteiger partial charge in [-0.15, -0.1) is 11.3 Å². The van der Waals surface area contributed by atoms with Gasteiger partial charge in [0.25, 0.3) is 0 Å². The molecule has 0 bridgehead atoms. The highest BCUT2D eigenvalue weighted by Crippen LogP contribution is 2.41. The zero-order valence-electron chi connectivity index (χ0n) is 9.78. The first-order valence-corrected chi connectivity index (χ1v) is 7.91. The van der Waals surface area contributed by atoms with Crippen LogP contribution < -0.4 is 0 Å². The van der Waals surface area contributed by atoms with Gasteiger partial charge in [0.15, 0.2) is 0 Å². The summed E-state index contributed by atoms with van der Waals surface area (Å²) in [7, 11) is 0. The zero-order chi connectivity index (χ0) is 13.0. The van der Waals surface area contributed by atoms with Gasteiger partial charge in [-0.05, 0) is 35.0 Å². The van der Waals surface area contributed by atoms with Crippen molar-refractivity contribution in [2.45, 2.75) is 0 Å². The summed E-state index contributed by atoms with van der Waals surface area (Å²) >= 11 is 11.6. The standard InChI is InChI=1S/C16H8BrClS/c17-11-7-13-12-5-9-3-1-2-4-10(9)6-15(12)19-16(13)14(18)8-11/h1-8H. The summed E-state index contributed by atoms with van der Waals surface area (Å²) in [5, 5.41) is 5.87. The first-order chi connectivity index (χ1) is 9.22. The number of benzene rings is 3. The third-order valence-electron chi connectivity index (χ3n) is 3.36. The number of fused-ring (bicyclic) bond motifs is 4. The van der Waals surface area contributed by atoms with Crippen molar-refractivity contribution in [2.24, 2.45) is 0 Å². The number of hydrogen-bond donors (Lipinski definition) is 0. The van der Waals surface area contributed by atoms with Crippen molar-refractivity contribution >= 4 is 69.8 Å². The molecule has 1 heterocycles. The minimum absolute atomic E-state index is 0.814. The van der Waals surface area contributed by atoms with E-state index in [9.17, 15) is 0 Å². The van der Waals surface area contributed by atoms with Crippen LogP contribution in [-0.2, 0) is 0 Å². The molecule has 4 aromatic rings. The van der Waals surface area contributed by atoms with Crippen LogP contribution in [0.25, 0.3) is 30.9 Å². The summed E-state index contributed by atoms with van der Waals surface area (Å²) in [5.74, 6) is 0. The van der Waals surface area contributed by atoms with Gasteiger partial charge in [0.2, 0.25) is 0 Å². The van der Waals surface area contributed by atoms with Gasteiger partial charge < -0.3 is 0 Å². The topological polar surface area (TPSA) is 0 Å². The van der Waals surface area contributed by atoms with E-state index in [0.717, 1.165) is 14.2 Å². The molecule has 0 N–H and O–H groups in total. The highest BCUT2D eigenvalue weighted by Gasteiger charge is 2.10. The van der Waals surface area contributed by atoms with Crippen LogP contribution in [0.4, 0.5) is 0 Å². The number of halogens is 2. The molecule has 0 aliphatic rings. The SMILES string of the molecule is Clc1cc(Br)cc2c1sc1cc3ccccc3cc12. The second kappa shape index (κ2) is 4.20. The van der Waals surface area contributed by atoms with E-state index in [-0.39, 0.29) is 0 Å². The molecular formula is C16H8BrClS. The summed E-state index contributed by atoms with van der Waals surface area (Å²) in [6, 6.07) is 17.1. The van der Waals surface area contributed by atoms with Gasteiger partial charge in [0.05, 0.1) is 9.72 Å². The Kier molecular flexibility index (Phi) is 2.59. The molecule has 3 aromatic carbocycles. The van der Waals surface area contributed by atoms with Gasteiger partial charge in [-0.2, -0.15) is 0 Å². The Morgan fingerprint density at radius 1 is 0.895 bits per heavy atom. The van der Waals surface area contributed by atoms with Crippen molar-refractivity contribution in [1.82, 2.24) is 0 Å². The summed E-state index contributed by atoms with van der Waals surface area (Å²) in [6.07, 6.45) is 0. The summed E-state index contributed by atoms with van der Waals surface area (Å²) < 4.78 is 3.47. The van der Waals surface area contributed by atoms with E-state index in [1.807, 2.05) is 6.07 Å². The number of thiophene rings is 1. The van der Waals surface area contributed by atoms with E-state index in [0.29, 0.717) is 0 Å². The first-order valence-electron chi connectivity index (χ1n) is 5.92. The van der Waals surface area contributed by atoms with Gasteiger partial charge >= 0.3 is 0 Å². The molecule has 0 spiro atoms. The first kappa shape index (κ1) is 11.7. The second-order valence-electron chi connectivity index (χ2n) is 4.56. The van der Waals surface area contributed by atoms with E-state index in [1.54, 1.807) is 11.3 Å². The van der Waals surface area contributed by atoms with Crippen LogP contribution in [0.15, 0.2) is 53.0 Å². The fourth-order valence-corrected chi connectivity index (χ4v) is 4.53. The maximum atomic E-state index is 6.35. The molecule has 0 saturated carbocycles. The van der Waals surface area contributed by atoms with Crippen LogP contribution in [-0.4, -0.2) is 0 Å². The molecule has 0 unspecified atom stereocenters. The van der Waals surface area contributed by atoms with Crippen LogP contribution in [0.3, 0.4) is 0 Å². The minimum Gasteiger partial charge on any atom is -0.134 e. The van der Waals surface area contributed by atoms with E-state index in [1.165, 1.54) is 26.2 Å². The maximum Gasteiger partial charge on any atom is 0.0595 e. The summed E-state index contributed by atoms with van der Waals surface area (Å²) in [5.41, 5.74) is 0.